The van der Waals surface area contributed by atoms with Gasteiger partial charge in [-0.1, -0.05) is 30.7 Å². The van der Waals surface area contributed by atoms with E-state index in [2.05, 4.69) is 38.2 Å². The summed E-state index contributed by atoms with van der Waals surface area (Å²) >= 11 is 0. The van der Waals surface area contributed by atoms with Crippen LogP contribution in [0.25, 0.3) is 16.9 Å². The highest BCUT2D eigenvalue weighted by molar-refractivity contribution is 5.93. The summed E-state index contributed by atoms with van der Waals surface area (Å²) in [6.07, 6.45) is 5.34. The Kier molecular flexibility index (Phi) is 6.46. The lowest BCUT2D eigenvalue weighted by atomic mass is 9.86. The van der Waals surface area contributed by atoms with Crippen LogP contribution in [0.2, 0.25) is 0 Å². The second-order valence-corrected chi connectivity index (χ2v) is 10.3. The topological polar surface area (TPSA) is 73.2 Å². The van der Waals surface area contributed by atoms with Gasteiger partial charge in [0.25, 0.3) is 5.91 Å². The minimum absolute atomic E-state index is 0.277. The van der Waals surface area contributed by atoms with Gasteiger partial charge >= 0.3 is 5.97 Å². The van der Waals surface area contributed by atoms with Crippen LogP contribution in [-0.4, -0.2) is 28.3 Å². The van der Waals surface area contributed by atoms with Crippen molar-refractivity contribution in [2.75, 3.05) is 11.9 Å². The molecule has 3 aromatic rings. The van der Waals surface area contributed by atoms with E-state index in [9.17, 15) is 9.59 Å². The number of rotatable bonds is 7. The number of benzene rings is 2. The van der Waals surface area contributed by atoms with Crippen molar-refractivity contribution in [1.82, 2.24) is 9.78 Å². The number of anilines is 1. The Bertz CT molecular complexity index is 1250. The van der Waals surface area contributed by atoms with Crippen LogP contribution in [-0.2, 0) is 14.3 Å². The largest absolute Gasteiger partial charge is 0.456 e. The summed E-state index contributed by atoms with van der Waals surface area (Å²) in [5, 5.41) is 7.72. The summed E-state index contributed by atoms with van der Waals surface area (Å²) in [4.78, 5) is 25.1. The number of aryl methyl sites for hydroxylation is 3. The van der Waals surface area contributed by atoms with Crippen molar-refractivity contribution in [2.24, 2.45) is 17.8 Å². The van der Waals surface area contributed by atoms with Gasteiger partial charge < -0.3 is 10.1 Å². The Balaban J connectivity index is 1.30. The summed E-state index contributed by atoms with van der Waals surface area (Å²) in [5.74, 6) is 1.77. The molecule has 1 N–H and O–H groups in total. The Labute approximate surface area is 206 Å². The molecule has 0 saturated heterocycles. The molecule has 0 spiro atoms. The smallest absolute Gasteiger partial charge is 0.306 e. The standard InChI is InChI=1S/C29H33N3O3/c1-18-11-20(3)25(12-19(18)2)26-16-27(32(31-26)24-7-5-4-6-8-24)30-28(33)17-35-29(34)15-23-14-21-9-10-22(23)13-21/h4-8,11-12,16,21-23H,9-10,13-15,17H2,1-3H3,(H,30,33)/t21-,22-,23+/m1/s1. The zero-order valence-electron chi connectivity index (χ0n) is 20.7. The van der Waals surface area contributed by atoms with E-state index in [0.717, 1.165) is 34.8 Å². The van der Waals surface area contributed by atoms with Crippen LogP contribution in [0.4, 0.5) is 5.82 Å². The summed E-state index contributed by atoms with van der Waals surface area (Å²) in [6.45, 7) is 5.95. The zero-order chi connectivity index (χ0) is 24.5. The number of aromatic nitrogens is 2. The van der Waals surface area contributed by atoms with Gasteiger partial charge in [0, 0.05) is 18.1 Å². The molecule has 6 nitrogen and oxygen atoms in total. The van der Waals surface area contributed by atoms with Crippen molar-refractivity contribution in [2.45, 2.75) is 52.9 Å². The highest BCUT2D eigenvalue weighted by Crippen LogP contribution is 2.49. The molecular weight excluding hydrogens is 438 g/mol. The van der Waals surface area contributed by atoms with Gasteiger partial charge in [-0.05, 0) is 92.7 Å². The molecule has 1 amide bonds. The second kappa shape index (κ2) is 9.68. The number of esters is 1. The molecule has 3 atom stereocenters. The van der Waals surface area contributed by atoms with Gasteiger partial charge in [-0.25, -0.2) is 4.68 Å². The maximum absolute atomic E-state index is 12.7. The molecule has 0 unspecified atom stereocenters. The first-order valence-corrected chi connectivity index (χ1v) is 12.6. The lowest BCUT2D eigenvalue weighted by Crippen LogP contribution is -2.24. The summed E-state index contributed by atoms with van der Waals surface area (Å²) < 4.78 is 7.07. The molecule has 2 aliphatic carbocycles. The van der Waals surface area contributed by atoms with Crippen molar-refractivity contribution in [1.29, 1.82) is 0 Å². The molecular formula is C29H33N3O3. The Morgan fingerprint density at radius 2 is 1.77 bits per heavy atom. The van der Waals surface area contributed by atoms with Crippen LogP contribution in [0.3, 0.4) is 0 Å². The number of hydrogen-bond donors (Lipinski definition) is 1. The van der Waals surface area contributed by atoms with E-state index in [4.69, 9.17) is 9.84 Å². The van der Waals surface area contributed by atoms with Crippen LogP contribution in [0.1, 0.15) is 48.8 Å². The predicted molar refractivity (Wildman–Crippen MR) is 136 cm³/mol. The summed E-state index contributed by atoms with van der Waals surface area (Å²) in [6, 6.07) is 15.8. The van der Waals surface area contributed by atoms with Gasteiger partial charge in [-0.15, -0.1) is 0 Å². The van der Waals surface area contributed by atoms with Gasteiger partial charge in [-0.3, -0.25) is 9.59 Å². The number of carbonyl (C=O) groups excluding carboxylic acids is 2. The third kappa shape index (κ3) is 5.02. The maximum Gasteiger partial charge on any atom is 0.306 e. The number of ether oxygens (including phenoxy) is 1. The van der Waals surface area contributed by atoms with E-state index in [1.807, 2.05) is 36.4 Å². The minimum Gasteiger partial charge on any atom is -0.456 e. The van der Waals surface area contributed by atoms with E-state index in [1.165, 1.54) is 30.4 Å². The van der Waals surface area contributed by atoms with Gasteiger partial charge in [-0.2, -0.15) is 5.10 Å². The number of fused-ring (bicyclic) bond motifs is 2. The summed E-state index contributed by atoms with van der Waals surface area (Å²) in [7, 11) is 0. The van der Waals surface area contributed by atoms with Crippen molar-refractivity contribution < 1.29 is 14.3 Å². The van der Waals surface area contributed by atoms with E-state index in [0.29, 0.717) is 24.1 Å². The Hall–Kier alpha value is -3.41. The molecule has 182 valence electrons. The third-order valence-corrected chi connectivity index (χ3v) is 7.77. The zero-order valence-corrected chi connectivity index (χ0v) is 20.7. The van der Waals surface area contributed by atoms with Crippen LogP contribution in [0.5, 0.6) is 0 Å². The third-order valence-electron chi connectivity index (χ3n) is 7.77. The Morgan fingerprint density at radius 3 is 2.49 bits per heavy atom. The van der Waals surface area contributed by atoms with E-state index < -0.39 is 0 Å². The maximum atomic E-state index is 12.7. The van der Waals surface area contributed by atoms with E-state index in [1.54, 1.807) is 4.68 Å². The van der Waals surface area contributed by atoms with Crippen molar-refractivity contribution in [3.05, 3.63) is 65.2 Å². The normalized spacial score (nSPS) is 20.7. The van der Waals surface area contributed by atoms with Crippen molar-refractivity contribution in [3.8, 4) is 16.9 Å². The average molecular weight is 472 g/mol. The average Bonchev–Trinajstić information content (AvgIpc) is 3.57. The van der Waals surface area contributed by atoms with Gasteiger partial charge in [0.1, 0.15) is 5.82 Å². The highest BCUT2D eigenvalue weighted by atomic mass is 16.5. The molecule has 1 heterocycles. The number of hydrogen-bond acceptors (Lipinski definition) is 4. The Morgan fingerprint density at radius 1 is 1.00 bits per heavy atom. The molecule has 2 aromatic carbocycles. The molecule has 2 saturated carbocycles. The first-order valence-electron chi connectivity index (χ1n) is 12.6. The van der Waals surface area contributed by atoms with Crippen LogP contribution in [0.15, 0.2) is 48.5 Å². The second-order valence-electron chi connectivity index (χ2n) is 10.3. The van der Waals surface area contributed by atoms with Crippen LogP contribution >= 0.6 is 0 Å². The number of carbonyl (C=O) groups is 2. The van der Waals surface area contributed by atoms with Crippen LogP contribution in [0, 0.1) is 38.5 Å². The van der Waals surface area contributed by atoms with Gasteiger partial charge in [0.2, 0.25) is 0 Å². The molecule has 2 bridgehead atoms. The minimum atomic E-state index is -0.369. The lowest BCUT2D eigenvalue weighted by Gasteiger charge is -2.20. The highest BCUT2D eigenvalue weighted by Gasteiger charge is 2.40. The number of nitrogens with one attached hydrogen (secondary N) is 1. The first-order chi connectivity index (χ1) is 16.9. The molecule has 1 aromatic heterocycles. The number of amides is 1. The van der Waals surface area contributed by atoms with Crippen molar-refractivity contribution in [3.63, 3.8) is 0 Å². The van der Waals surface area contributed by atoms with Crippen LogP contribution < -0.4 is 5.32 Å². The quantitative estimate of drug-likeness (QED) is 0.444. The summed E-state index contributed by atoms with van der Waals surface area (Å²) in [5.41, 5.74) is 6.18. The number of para-hydroxylation sites is 1. The van der Waals surface area contributed by atoms with E-state index >= 15 is 0 Å². The number of nitrogens with zero attached hydrogens (tertiary/aromatic N) is 2. The van der Waals surface area contributed by atoms with E-state index in [-0.39, 0.29) is 18.5 Å². The lowest BCUT2D eigenvalue weighted by molar-refractivity contribution is -0.148. The fourth-order valence-electron chi connectivity index (χ4n) is 5.83. The molecule has 5 rings (SSSR count). The van der Waals surface area contributed by atoms with Gasteiger partial charge in [0.15, 0.2) is 6.61 Å². The first kappa shape index (κ1) is 23.3. The molecule has 0 radical (unpaired) electrons. The molecule has 35 heavy (non-hydrogen) atoms. The predicted octanol–water partition coefficient (Wildman–Crippen LogP) is 5.77. The van der Waals surface area contributed by atoms with Gasteiger partial charge in [0.05, 0.1) is 11.4 Å². The molecule has 2 fully saturated rings. The SMILES string of the molecule is Cc1cc(C)c(-c2cc(NC(=O)COC(=O)C[C@@H]3C[C@@H]4CC[C@@H]3C4)n(-c3ccccc3)n2)cc1C. The molecule has 0 aliphatic heterocycles. The van der Waals surface area contributed by atoms with Crippen molar-refractivity contribution >= 4 is 17.7 Å². The molecule has 2 aliphatic rings. The fourth-order valence-corrected chi connectivity index (χ4v) is 5.83. The monoisotopic (exact) mass is 471 g/mol. The molecule has 6 heteroatoms. The fraction of sp³-hybridized carbons (Fsp3) is 0.414.